The number of aromatic nitrogens is 5. The topological polar surface area (TPSA) is 93.5 Å². The van der Waals surface area contributed by atoms with Crippen LogP contribution in [-0.2, 0) is 6.54 Å². The van der Waals surface area contributed by atoms with Gasteiger partial charge in [-0.05, 0) is 45.5 Å². The zero-order valence-electron chi connectivity index (χ0n) is 26.3. The number of ether oxygens (including phenoxy) is 2. The van der Waals surface area contributed by atoms with Crippen LogP contribution in [0.1, 0.15) is 24.6 Å². The molecule has 3 aromatic heterocycles. The maximum absolute atomic E-state index is 15.0. The third kappa shape index (κ3) is 7.24. The molecule has 1 fully saturated rings. The van der Waals surface area contributed by atoms with Gasteiger partial charge in [0.25, 0.3) is 0 Å². The number of anilines is 2. The number of benzene rings is 2. The number of nitrogens with zero attached hydrogens (tertiary/aromatic N) is 7. The van der Waals surface area contributed by atoms with Crippen LogP contribution in [0.3, 0.4) is 0 Å². The third-order valence-electron chi connectivity index (χ3n) is 7.99. The van der Waals surface area contributed by atoms with Gasteiger partial charge in [0.2, 0.25) is 0 Å². The highest BCUT2D eigenvalue weighted by Crippen LogP contribution is 2.32. The first kappa shape index (κ1) is 31.3. The molecule has 0 radical (unpaired) electrons. The Morgan fingerprint density at radius 2 is 1.74 bits per heavy atom. The van der Waals surface area contributed by atoms with Crippen LogP contribution in [-0.4, -0.2) is 87.5 Å². The Morgan fingerprint density at radius 1 is 0.957 bits per heavy atom. The molecule has 1 aliphatic heterocycles. The van der Waals surface area contributed by atoms with E-state index >= 15 is 8.78 Å². The molecule has 5 aromatic rings. The summed E-state index contributed by atoms with van der Waals surface area (Å²) in [5.41, 5.74) is 2.72. The first-order valence-electron chi connectivity index (χ1n) is 15.5. The predicted molar refractivity (Wildman–Crippen MR) is 174 cm³/mol. The largest absolute Gasteiger partial charge is 0.494 e. The number of pyridine rings is 1. The van der Waals surface area contributed by atoms with Gasteiger partial charge in [-0.1, -0.05) is 18.2 Å². The average Bonchev–Trinajstić information content (AvgIpc) is 3.41. The summed E-state index contributed by atoms with van der Waals surface area (Å²) in [7, 11) is 2.15. The minimum Gasteiger partial charge on any atom is -0.494 e. The SMILES string of the molecule is CCOc1cc(F)c(Cn2nc(-c3ncc(OCCCN4CCN(C)CC4)c(Nc4ccnc(C)c4)n3)c3ccccc32)c(F)c1. The highest BCUT2D eigenvalue weighted by molar-refractivity contribution is 5.92. The molecule has 0 unspecified atom stereocenters. The summed E-state index contributed by atoms with van der Waals surface area (Å²) in [5.74, 6) is 0.0897. The van der Waals surface area contributed by atoms with Crippen LogP contribution in [0.25, 0.3) is 22.4 Å². The molecular weight excluding hydrogens is 590 g/mol. The van der Waals surface area contributed by atoms with Gasteiger partial charge in [-0.2, -0.15) is 5.10 Å². The Bertz CT molecular complexity index is 1780. The van der Waals surface area contributed by atoms with E-state index in [1.807, 2.05) is 43.3 Å². The molecule has 0 atom stereocenters. The zero-order chi connectivity index (χ0) is 32.0. The van der Waals surface area contributed by atoms with Crippen molar-refractivity contribution in [3.8, 4) is 23.0 Å². The van der Waals surface area contributed by atoms with Gasteiger partial charge in [0, 0.05) is 73.4 Å². The third-order valence-corrected chi connectivity index (χ3v) is 7.99. The van der Waals surface area contributed by atoms with Gasteiger partial charge < -0.3 is 24.6 Å². The van der Waals surface area contributed by atoms with Gasteiger partial charge in [-0.3, -0.25) is 9.67 Å². The molecule has 0 aliphatic carbocycles. The van der Waals surface area contributed by atoms with Gasteiger partial charge in [-0.25, -0.2) is 18.7 Å². The highest BCUT2D eigenvalue weighted by Gasteiger charge is 2.20. The summed E-state index contributed by atoms with van der Waals surface area (Å²) in [5, 5.41) is 8.88. The Labute approximate surface area is 267 Å². The monoisotopic (exact) mass is 628 g/mol. The quantitative estimate of drug-likeness (QED) is 0.175. The standard InChI is InChI=1S/C34H38F2N8O2/c1-4-45-25-19-28(35)27(29(36)20-25)22-44-30-9-6-5-8-26(30)32(41-44)34-38-21-31(33(40-34)39-24-10-11-37-23(2)18-24)46-17-7-12-43-15-13-42(3)14-16-43/h5-6,8-11,18-21H,4,7,12-17,22H2,1-3H3,(H,37,38,39,40). The van der Waals surface area contributed by atoms with E-state index < -0.39 is 11.6 Å². The lowest BCUT2D eigenvalue weighted by Gasteiger charge is -2.32. The molecule has 1 N–H and O–H groups in total. The van der Waals surface area contributed by atoms with Gasteiger partial charge in [0.1, 0.15) is 23.1 Å². The lowest BCUT2D eigenvalue weighted by Crippen LogP contribution is -2.44. The number of halogens is 2. The van der Waals surface area contributed by atoms with Crippen LogP contribution in [0, 0.1) is 18.6 Å². The second-order valence-corrected chi connectivity index (χ2v) is 11.4. The van der Waals surface area contributed by atoms with E-state index in [0.717, 1.165) is 55.9 Å². The Kier molecular flexibility index (Phi) is 9.65. The van der Waals surface area contributed by atoms with Crippen molar-refractivity contribution in [2.24, 2.45) is 0 Å². The number of rotatable bonds is 12. The summed E-state index contributed by atoms with van der Waals surface area (Å²) in [4.78, 5) is 18.6. The molecule has 0 spiro atoms. The number of hydrogen-bond acceptors (Lipinski definition) is 9. The van der Waals surface area contributed by atoms with E-state index in [1.54, 1.807) is 24.0 Å². The van der Waals surface area contributed by atoms with Crippen LogP contribution < -0.4 is 14.8 Å². The van der Waals surface area contributed by atoms with Crippen LogP contribution in [0.2, 0.25) is 0 Å². The van der Waals surface area contributed by atoms with E-state index in [-0.39, 0.29) is 17.9 Å². The molecule has 12 heteroatoms. The van der Waals surface area contributed by atoms with Crippen molar-refractivity contribution in [1.29, 1.82) is 0 Å². The van der Waals surface area contributed by atoms with Crippen molar-refractivity contribution in [1.82, 2.24) is 34.5 Å². The van der Waals surface area contributed by atoms with Crippen LogP contribution in [0.4, 0.5) is 20.3 Å². The van der Waals surface area contributed by atoms with Crippen LogP contribution >= 0.6 is 0 Å². The van der Waals surface area contributed by atoms with E-state index in [2.05, 4.69) is 32.1 Å². The van der Waals surface area contributed by atoms with Gasteiger partial charge in [-0.15, -0.1) is 0 Å². The Hall–Kier alpha value is -4.68. The number of likely N-dealkylation sites (N-methyl/N-ethyl adjacent to an activating group) is 1. The number of piperazine rings is 1. The maximum Gasteiger partial charge on any atom is 0.183 e. The molecule has 0 saturated carbocycles. The lowest BCUT2D eigenvalue weighted by atomic mass is 10.1. The lowest BCUT2D eigenvalue weighted by molar-refractivity contribution is 0.145. The molecule has 0 amide bonds. The van der Waals surface area contributed by atoms with Crippen molar-refractivity contribution in [2.75, 3.05) is 58.3 Å². The molecule has 10 nitrogen and oxygen atoms in total. The fraction of sp³-hybridized carbons (Fsp3) is 0.353. The molecule has 0 bridgehead atoms. The van der Waals surface area contributed by atoms with E-state index in [9.17, 15) is 0 Å². The molecular formula is C34H38F2N8O2. The molecule has 4 heterocycles. The van der Waals surface area contributed by atoms with E-state index in [4.69, 9.17) is 19.6 Å². The first-order chi connectivity index (χ1) is 22.4. The number of fused-ring (bicyclic) bond motifs is 1. The fourth-order valence-electron chi connectivity index (χ4n) is 5.53. The second-order valence-electron chi connectivity index (χ2n) is 11.4. The van der Waals surface area contributed by atoms with Crippen molar-refractivity contribution < 1.29 is 18.3 Å². The highest BCUT2D eigenvalue weighted by atomic mass is 19.1. The van der Waals surface area contributed by atoms with Crippen molar-refractivity contribution in [3.63, 3.8) is 0 Å². The summed E-state index contributed by atoms with van der Waals surface area (Å²) >= 11 is 0. The Morgan fingerprint density at radius 3 is 2.50 bits per heavy atom. The number of hydrogen-bond donors (Lipinski definition) is 1. The van der Waals surface area contributed by atoms with Crippen LogP contribution in [0.5, 0.6) is 11.5 Å². The smallest absolute Gasteiger partial charge is 0.183 e. The molecule has 240 valence electrons. The summed E-state index contributed by atoms with van der Waals surface area (Å²) in [6, 6.07) is 13.7. The van der Waals surface area contributed by atoms with Crippen molar-refractivity contribution in [3.05, 3.63) is 83.8 Å². The minimum atomic E-state index is -0.700. The van der Waals surface area contributed by atoms with Crippen LogP contribution in [0.15, 0.2) is 60.9 Å². The minimum absolute atomic E-state index is 0.111. The van der Waals surface area contributed by atoms with E-state index in [1.165, 1.54) is 12.1 Å². The first-order valence-corrected chi connectivity index (χ1v) is 15.5. The Balaban J connectivity index is 1.29. The second kappa shape index (κ2) is 14.2. The fourth-order valence-corrected chi connectivity index (χ4v) is 5.53. The molecule has 2 aromatic carbocycles. The number of nitrogens with one attached hydrogen (secondary N) is 1. The van der Waals surface area contributed by atoms with Gasteiger partial charge in [0.05, 0.1) is 31.5 Å². The van der Waals surface area contributed by atoms with E-state index in [0.29, 0.717) is 41.8 Å². The van der Waals surface area contributed by atoms with Gasteiger partial charge in [0.15, 0.2) is 17.4 Å². The molecule has 6 rings (SSSR count). The average molecular weight is 629 g/mol. The van der Waals surface area contributed by atoms with Crippen molar-refractivity contribution >= 4 is 22.4 Å². The van der Waals surface area contributed by atoms with Gasteiger partial charge >= 0.3 is 0 Å². The summed E-state index contributed by atoms with van der Waals surface area (Å²) in [6.07, 6.45) is 4.24. The van der Waals surface area contributed by atoms with Crippen molar-refractivity contribution in [2.45, 2.75) is 26.8 Å². The summed E-state index contributed by atoms with van der Waals surface area (Å²) in [6.45, 7) is 9.59. The zero-order valence-corrected chi connectivity index (χ0v) is 26.3. The molecule has 1 aliphatic rings. The number of aryl methyl sites for hydroxylation is 1. The predicted octanol–water partition coefficient (Wildman–Crippen LogP) is 5.68. The normalized spacial score (nSPS) is 14.1. The molecule has 1 saturated heterocycles. The molecule has 46 heavy (non-hydrogen) atoms. The maximum atomic E-state index is 15.0. The summed E-state index contributed by atoms with van der Waals surface area (Å²) < 4.78 is 43.1. The number of para-hydroxylation sites is 1.